The van der Waals surface area contributed by atoms with Crippen molar-refractivity contribution in [2.45, 2.75) is 101 Å². The first-order valence-electron chi connectivity index (χ1n) is 24.8. The highest BCUT2D eigenvalue weighted by Crippen LogP contribution is 2.37. The van der Waals surface area contributed by atoms with Crippen LogP contribution in [0.1, 0.15) is 51.7 Å². The van der Waals surface area contributed by atoms with Crippen LogP contribution in [-0.2, 0) is 30.1 Å². The molecule has 0 bridgehead atoms. The molecule has 384 valence electrons. The molecule has 0 unspecified atom stereocenters. The first kappa shape index (κ1) is 50.2. The maximum Gasteiger partial charge on any atom is 0.296 e. The lowest BCUT2D eigenvalue weighted by molar-refractivity contribution is 0.00703. The Bertz CT molecular complexity index is 3060. The average molecular weight is 1040 g/mol. The molecule has 0 spiro atoms. The Labute approximate surface area is 436 Å². The van der Waals surface area contributed by atoms with Gasteiger partial charge in [-0.25, -0.2) is 9.97 Å². The SMILES string of the molecule is CC[C@@](C)(O)c1ccc(-c2ccc(-c3nc4nc(O[C@@H]5CO[C@H]6[C@@H]5OC[C@H]6O)[nH]c4cc3Cl)cc2)cc1.CC[C@](C)(O)c1ccc(-c2ccc(-c3nc4nc(O[C@@H]5CO[C@H]6[C@@H]5OC[C@H]6O)[nH]c4cc3Cl)cc2)cc1. The molecule has 4 aliphatic heterocycles. The standard InChI is InChI=1S/2C28H28ClN3O5/c2*1-3-28(2,34)18-10-8-16(9-11-18)15-4-6-17(7-5-15)23-19(29)12-20-26(31-23)32-27(30-20)37-22-14-36-24-21(33)13-35-25(22)24/h2*4-12,21-22,24-25,33-34H,3,13-14H2,1-2H3,(H,30,31,32)/t21-,22-,24-,25-,28+;21-,22-,24-,25-,28-/m11/s1. The molecule has 0 radical (unpaired) electrons. The number of aliphatic hydroxyl groups is 4. The fourth-order valence-corrected chi connectivity index (χ4v) is 10.3. The number of benzene rings is 4. The molecule has 74 heavy (non-hydrogen) atoms. The third-order valence-corrected chi connectivity index (χ3v) is 15.2. The average Bonchev–Trinajstić information content (AvgIpc) is 4.29. The highest BCUT2D eigenvalue weighted by molar-refractivity contribution is 6.34. The minimum absolute atomic E-state index is 0.237. The molecule has 0 amide bonds. The topological polar surface area (TPSA) is 219 Å². The van der Waals surface area contributed by atoms with E-state index in [0.29, 0.717) is 81.8 Å². The number of aliphatic hydroxyl groups excluding tert-OH is 2. The van der Waals surface area contributed by atoms with Gasteiger partial charge in [0.1, 0.15) is 36.6 Å². The van der Waals surface area contributed by atoms with E-state index >= 15 is 0 Å². The number of imidazole rings is 2. The summed E-state index contributed by atoms with van der Waals surface area (Å²) in [4.78, 5) is 24.6. The first-order valence-corrected chi connectivity index (χ1v) is 25.6. The van der Waals surface area contributed by atoms with Crippen LogP contribution in [0.3, 0.4) is 0 Å². The zero-order valence-corrected chi connectivity index (χ0v) is 42.5. The Morgan fingerprint density at radius 3 is 1.18 bits per heavy atom. The summed E-state index contributed by atoms with van der Waals surface area (Å²) >= 11 is 13.2. The van der Waals surface area contributed by atoms with Gasteiger partial charge in [0.2, 0.25) is 0 Å². The number of pyridine rings is 2. The molecule has 16 nitrogen and oxygen atoms in total. The molecule has 18 heteroatoms. The van der Waals surface area contributed by atoms with Crippen LogP contribution in [0.2, 0.25) is 10.0 Å². The Hall–Kier alpha value is -6.02. The Balaban J connectivity index is 0.000000159. The number of rotatable bonds is 12. The van der Waals surface area contributed by atoms with E-state index in [1.807, 2.05) is 125 Å². The number of ether oxygens (including phenoxy) is 6. The Morgan fingerprint density at radius 2 is 0.824 bits per heavy atom. The van der Waals surface area contributed by atoms with Crippen molar-refractivity contribution < 1.29 is 48.8 Å². The molecular weight excluding hydrogens is 988 g/mol. The number of fused-ring (bicyclic) bond motifs is 4. The van der Waals surface area contributed by atoms with Crippen molar-refractivity contribution in [2.75, 3.05) is 26.4 Å². The van der Waals surface area contributed by atoms with Crippen molar-refractivity contribution >= 4 is 45.5 Å². The van der Waals surface area contributed by atoms with Gasteiger partial charge >= 0.3 is 0 Å². The molecule has 0 saturated carbocycles. The van der Waals surface area contributed by atoms with Gasteiger partial charge in [-0.1, -0.05) is 134 Å². The van der Waals surface area contributed by atoms with Crippen LogP contribution in [-0.4, -0.2) is 126 Å². The maximum absolute atomic E-state index is 10.5. The van der Waals surface area contributed by atoms with Gasteiger partial charge in [-0.05, 0) is 72.2 Å². The zero-order chi connectivity index (χ0) is 51.5. The Morgan fingerprint density at radius 1 is 0.500 bits per heavy atom. The van der Waals surface area contributed by atoms with E-state index in [4.69, 9.17) is 51.6 Å². The van der Waals surface area contributed by atoms with Crippen LogP contribution < -0.4 is 9.47 Å². The highest BCUT2D eigenvalue weighted by Gasteiger charge is 2.50. The van der Waals surface area contributed by atoms with Crippen molar-refractivity contribution in [3.63, 3.8) is 0 Å². The third kappa shape index (κ3) is 9.87. The lowest BCUT2D eigenvalue weighted by atomic mass is 9.91. The number of hydrogen-bond donors (Lipinski definition) is 6. The monoisotopic (exact) mass is 1040 g/mol. The lowest BCUT2D eigenvalue weighted by Gasteiger charge is -2.22. The fraction of sp³-hybridized carbons (Fsp3) is 0.357. The van der Waals surface area contributed by atoms with Crippen LogP contribution in [0.5, 0.6) is 12.0 Å². The highest BCUT2D eigenvalue weighted by atomic mass is 35.5. The van der Waals surface area contributed by atoms with Gasteiger partial charge in [0, 0.05) is 11.1 Å². The van der Waals surface area contributed by atoms with Crippen molar-refractivity contribution in [3.05, 3.63) is 130 Å². The van der Waals surface area contributed by atoms with Crippen molar-refractivity contribution in [1.82, 2.24) is 29.9 Å². The first-order chi connectivity index (χ1) is 35.6. The van der Waals surface area contributed by atoms with Crippen LogP contribution >= 0.6 is 23.2 Å². The van der Waals surface area contributed by atoms with Crippen molar-refractivity contribution in [3.8, 4) is 56.8 Å². The van der Waals surface area contributed by atoms with E-state index in [9.17, 15) is 20.4 Å². The predicted octanol–water partition coefficient (Wildman–Crippen LogP) is 8.94. The number of hydrogen-bond acceptors (Lipinski definition) is 14. The van der Waals surface area contributed by atoms with Crippen LogP contribution in [0, 0.1) is 0 Å². The molecule has 4 aromatic carbocycles. The molecule has 6 N–H and O–H groups in total. The minimum atomic E-state index is -0.833. The number of aromatic amines is 2. The molecule has 12 rings (SSSR count). The summed E-state index contributed by atoms with van der Waals surface area (Å²) in [6, 6.07) is 36.1. The van der Waals surface area contributed by atoms with Gasteiger partial charge in [-0.2, -0.15) is 9.97 Å². The zero-order valence-electron chi connectivity index (χ0n) is 41.0. The van der Waals surface area contributed by atoms with Crippen LogP contribution in [0.15, 0.2) is 109 Å². The number of nitrogens with one attached hydrogen (secondary N) is 2. The number of nitrogens with zero attached hydrogens (tertiary/aromatic N) is 4. The molecule has 4 saturated heterocycles. The number of aromatic nitrogens is 6. The quantitative estimate of drug-likeness (QED) is 0.0673. The van der Waals surface area contributed by atoms with Crippen molar-refractivity contribution in [2.24, 2.45) is 0 Å². The van der Waals surface area contributed by atoms with Gasteiger partial charge in [0.15, 0.2) is 23.5 Å². The van der Waals surface area contributed by atoms with Crippen LogP contribution in [0.25, 0.3) is 67.1 Å². The van der Waals surface area contributed by atoms with Gasteiger partial charge < -0.3 is 58.8 Å². The van der Waals surface area contributed by atoms with E-state index in [0.717, 1.165) is 44.5 Å². The maximum atomic E-state index is 10.5. The van der Waals surface area contributed by atoms with Crippen LogP contribution in [0.4, 0.5) is 0 Å². The normalized spacial score (nSPS) is 24.8. The van der Waals surface area contributed by atoms with E-state index in [-0.39, 0.29) is 49.8 Å². The third-order valence-electron chi connectivity index (χ3n) is 14.7. The molecule has 4 aliphatic rings. The Kier molecular flexibility index (Phi) is 13.7. The summed E-state index contributed by atoms with van der Waals surface area (Å²) < 4.78 is 34.5. The molecule has 10 atom stereocenters. The lowest BCUT2D eigenvalue weighted by Crippen LogP contribution is -2.34. The van der Waals surface area contributed by atoms with E-state index in [1.165, 1.54) is 0 Å². The molecule has 0 aliphatic carbocycles. The molecule has 4 fully saturated rings. The van der Waals surface area contributed by atoms with E-state index in [1.54, 1.807) is 12.1 Å². The number of H-pyrrole nitrogens is 2. The fourth-order valence-electron chi connectivity index (χ4n) is 9.78. The summed E-state index contributed by atoms with van der Waals surface area (Å²) in [5, 5.41) is 41.8. The second kappa shape index (κ2) is 20.3. The predicted molar refractivity (Wildman–Crippen MR) is 279 cm³/mol. The largest absolute Gasteiger partial charge is 0.456 e. The smallest absolute Gasteiger partial charge is 0.296 e. The summed E-state index contributed by atoms with van der Waals surface area (Å²) in [6.07, 6.45) is -2.12. The van der Waals surface area contributed by atoms with Crippen molar-refractivity contribution in [1.29, 1.82) is 0 Å². The molecule has 8 heterocycles. The van der Waals surface area contributed by atoms with E-state index in [2.05, 4.69) is 29.9 Å². The molecular formula is C56H56Cl2N6O10. The number of halogens is 2. The molecule has 8 aromatic rings. The second-order valence-corrected chi connectivity index (χ2v) is 20.5. The summed E-state index contributed by atoms with van der Waals surface area (Å²) in [5.74, 6) is 0. The van der Waals surface area contributed by atoms with E-state index < -0.39 is 23.4 Å². The summed E-state index contributed by atoms with van der Waals surface area (Å²) in [6.45, 7) is 8.69. The summed E-state index contributed by atoms with van der Waals surface area (Å²) in [7, 11) is 0. The van der Waals surface area contributed by atoms with Gasteiger partial charge in [0.05, 0.1) is 70.1 Å². The minimum Gasteiger partial charge on any atom is -0.456 e. The molecule has 4 aromatic heterocycles. The van der Waals surface area contributed by atoms with Gasteiger partial charge in [0.25, 0.3) is 12.0 Å². The second-order valence-electron chi connectivity index (χ2n) is 19.7. The van der Waals surface area contributed by atoms with Gasteiger partial charge in [-0.15, -0.1) is 0 Å². The van der Waals surface area contributed by atoms with Gasteiger partial charge in [-0.3, -0.25) is 0 Å². The summed E-state index contributed by atoms with van der Waals surface area (Å²) in [5.41, 5.74) is 9.62.